The van der Waals surface area contributed by atoms with Crippen LogP contribution in [-0.2, 0) is 31.6 Å². The van der Waals surface area contributed by atoms with E-state index in [9.17, 15) is 24.3 Å². The first-order valence-corrected chi connectivity index (χ1v) is 9.27. The molecule has 0 radical (unpaired) electrons. The summed E-state index contributed by atoms with van der Waals surface area (Å²) in [7, 11) is 2.63. The minimum atomic E-state index is -2.01. The van der Waals surface area contributed by atoms with Gasteiger partial charge < -0.3 is 24.9 Å². The van der Waals surface area contributed by atoms with E-state index in [0.29, 0.717) is 5.69 Å². The molecule has 1 unspecified atom stereocenters. The molecular formula is C21H19N3O7. The fourth-order valence-corrected chi connectivity index (χ4v) is 4.28. The van der Waals surface area contributed by atoms with Crippen LogP contribution in [0, 0.1) is 6.92 Å². The first-order chi connectivity index (χ1) is 14.7. The van der Waals surface area contributed by atoms with Crippen LogP contribution in [0.25, 0.3) is 0 Å². The van der Waals surface area contributed by atoms with Gasteiger partial charge in [0.1, 0.15) is 23.3 Å². The third-order valence-corrected chi connectivity index (χ3v) is 5.70. The van der Waals surface area contributed by atoms with Crippen molar-refractivity contribution in [3.63, 3.8) is 0 Å². The molecule has 0 bridgehead atoms. The zero-order valence-corrected chi connectivity index (χ0v) is 17.0. The molecule has 10 heteroatoms. The molecule has 31 heavy (non-hydrogen) atoms. The minimum Gasteiger partial charge on any atom is -0.480 e. The number of carbonyl (C=O) groups excluding carboxylic acids is 2. The molecule has 3 N–H and O–H groups in total. The van der Waals surface area contributed by atoms with Crippen LogP contribution < -0.4 is 20.9 Å². The monoisotopic (exact) mass is 425 g/mol. The van der Waals surface area contributed by atoms with Gasteiger partial charge in [-0.2, -0.15) is 0 Å². The molecule has 1 aromatic heterocycles. The lowest BCUT2D eigenvalue weighted by atomic mass is 9.68. The van der Waals surface area contributed by atoms with E-state index < -0.39 is 41.2 Å². The fourth-order valence-electron chi connectivity index (χ4n) is 4.28. The molecule has 3 heterocycles. The van der Waals surface area contributed by atoms with Crippen molar-refractivity contribution in [3.8, 4) is 5.75 Å². The van der Waals surface area contributed by atoms with E-state index in [1.54, 1.807) is 31.2 Å². The van der Waals surface area contributed by atoms with Gasteiger partial charge >= 0.3 is 11.9 Å². The van der Waals surface area contributed by atoms with Gasteiger partial charge in [-0.3, -0.25) is 19.3 Å². The fraction of sp³-hybridized carbons (Fsp3) is 0.238. The van der Waals surface area contributed by atoms with Gasteiger partial charge in [-0.05, 0) is 13.0 Å². The lowest BCUT2D eigenvalue weighted by molar-refractivity contribution is -0.138. The molecule has 1 atom stereocenters. The van der Waals surface area contributed by atoms with Gasteiger partial charge in [-0.1, -0.05) is 18.2 Å². The van der Waals surface area contributed by atoms with Gasteiger partial charge in [0.25, 0.3) is 5.56 Å². The quantitative estimate of drug-likeness (QED) is 0.662. The first-order valence-electron chi connectivity index (χ1n) is 9.27. The number of anilines is 1. The van der Waals surface area contributed by atoms with E-state index in [1.807, 2.05) is 0 Å². The van der Waals surface area contributed by atoms with Crippen LogP contribution >= 0.6 is 0 Å². The molecule has 2 aliphatic heterocycles. The lowest BCUT2D eigenvalue weighted by Gasteiger charge is -2.35. The number of aliphatic carboxylic acids is 1. The lowest BCUT2D eigenvalue weighted by Crippen LogP contribution is -2.52. The number of nitrogens with two attached hydrogens (primary N) is 1. The number of para-hydroxylation sites is 1. The third-order valence-electron chi connectivity index (χ3n) is 5.70. The molecule has 0 saturated carbocycles. The Morgan fingerprint density at radius 2 is 1.94 bits per heavy atom. The Morgan fingerprint density at radius 1 is 1.26 bits per heavy atom. The maximum Gasteiger partial charge on any atom is 0.340 e. The minimum absolute atomic E-state index is 0.0195. The highest BCUT2D eigenvalue weighted by molar-refractivity contribution is 6.19. The molecular weight excluding hydrogens is 406 g/mol. The summed E-state index contributed by atoms with van der Waals surface area (Å²) in [5.74, 6) is -3.41. The maximum atomic E-state index is 13.9. The van der Waals surface area contributed by atoms with Crippen LogP contribution in [0.1, 0.15) is 16.8 Å². The van der Waals surface area contributed by atoms with Crippen molar-refractivity contribution in [1.29, 1.82) is 0 Å². The number of carboxylic acid groups (broad SMARTS) is 1. The largest absolute Gasteiger partial charge is 0.480 e. The van der Waals surface area contributed by atoms with Gasteiger partial charge in [-0.25, -0.2) is 4.79 Å². The molecule has 0 aliphatic carbocycles. The van der Waals surface area contributed by atoms with E-state index in [2.05, 4.69) is 0 Å². The van der Waals surface area contributed by atoms with E-state index in [0.717, 1.165) is 12.0 Å². The van der Waals surface area contributed by atoms with Crippen LogP contribution in [0.15, 0.2) is 46.6 Å². The van der Waals surface area contributed by atoms with Gasteiger partial charge in [0.05, 0.1) is 12.7 Å². The summed E-state index contributed by atoms with van der Waals surface area (Å²) in [5.41, 5.74) is 4.04. The van der Waals surface area contributed by atoms with Crippen molar-refractivity contribution < 1.29 is 29.0 Å². The third kappa shape index (κ3) is 2.51. The topological polar surface area (TPSA) is 141 Å². The van der Waals surface area contributed by atoms with E-state index in [1.165, 1.54) is 17.7 Å². The molecule has 1 amide bonds. The Bertz CT molecular complexity index is 1260. The molecule has 160 valence electrons. The Morgan fingerprint density at radius 3 is 2.58 bits per heavy atom. The number of nitrogens with zero attached hydrogens (tertiary/aromatic N) is 2. The van der Waals surface area contributed by atoms with E-state index in [-0.39, 0.29) is 28.1 Å². The Balaban J connectivity index is 2.21. The summed E-state index contributed by atoms with van der Waals surface area (Å²) >= 11 is 0. The standard InChI is InChI=1S/C21H19N3O7/c1-10-8-13-15(18(27)23(10)2)21(16(17(22)31-13)19(28)30-3)11-6-4-5-7-12(11)24(20(21)29)9-14(25)26/h4-8H,9,22H2,1-3H3,(H,25,26). The highest BCUT2D eigenvalue weighted by Gasteiger charge is 2.62. The number of fused-ring (bicyclic) bond motifs is 4. The summed E-state index contributed by atoms with van der Waals surface area (Å²) in [5, 5.41) is 9.39. The summed E-state index contributed by atoms with van der Waals surface area (Å²) in [6.07, 6.45) is 0. The second-order valence-electron chi connectivity index (χ2n) is 7.27. The normalized spacial score (nSPS) is 19.2. The molecule has 4 rings (SSSR count). The number of benzene rings is 1. The SMILES string of the molecule is COC(=O)C1=C(N)Oc2cc(C)n(C)c(=O)c2C12C(=O)N(CC(=O)O)c1ccccc12. The number of pyridine rings is 1. The predicted octanol–water partition coefficient (Wildman–Crippen LogP) is 0.147. The first kappa shape index (κ1) is 20.2. The number of aryl methyl sites for hydroxylation is 1. The molecule has 1 aromatic carbocycles. The van der Waals surface area contributed by atoms with Crippen LogP contribution in [0.4, 0.5) is 5.69 Å². The average molecular weight is 425 g/mol. The van der Waals surface area contributed by atoms with Crippen LogP contribution in [0.3, 0.4) is 0 Å². The number of esters is 1. The predicted molar refractivity (Wildman–Crippen MR) is 107 cm³/mol. The van der Waals surface area contributed by atoms with Crippen molar-refractivity contribution in [1.82, 2.24) is 4.57 Å². The van der Waals surface area contributed by atoms with Gasteiger partial charge in [0, 0.05) is 30.1 Å². The second-order valence-corrected chi connectivity index (χ2v) is 7.27. The van der Waals surface area contributed by atoms with Gasteiger partial charge in [0.15, 0.2) is 0 Å². The van der Waals surface area contributed by atoms with Crippen molar-refractivity contribution in [3.05, 3.63) is 69.0 Å². The smallest absolute Gasteiger partial charge is 0.340 e. The number of hydrogen-bond acceptors (Lipinski definition) is 7. The zero-order valence-electron chi connectivity index (χ0n) is 17.0. The molecule has 2 aliphatic rings. The number of rotatable bonds is 3. The Labute approximate surface area is 176 Å². The van der Waals surface area contributed by atoms with Crippen molar-refractivity contribution in [2.45, 2.75) is 12.3 Å². The van der Waals surface area contributed by atoms with E-state index >= 15 is 0 Å². The Kier molecular flexibility index (Phi) is 4.38. The zero-order chi connectivity index (χ0) is 22.7. The molecule has 0 saturated heterocycles. The van der Waals surface area contributed by atoms with Crippen molar-refractivity contribution in [2.24, 2.45) is 12.8 Å². The highest BCUT2D eigenvalue weighted by atomic mass is 16.5. The maximum absolute atomic E-state index is 13.9. The molecule has 1 spiro atoms. The summed E-state index contributed by atoms with van der Waals surface area (Å²) < 4.78 is 11.8. The number of aromatic nitrogens is 1. The number of carbonyl (C=O) groups is 3. The number of methoxy groups -OCH3 is 1. The number of hydrogen-bond donors (Lipinski definition) is 2. The van der Waals surface area contributed by atoms with Crippen molar-refractivity contribution >= 4 is 23.5 Å². The number of amides is 1. The molecule has 2 aromatic rings. The number of ether oxygens (including phenoxy) is 2. The van der Waals surface area contributed by atoms with E-state index in [4.69, 9.17) is 15.2 Å². The van der Waals surface area contributed by atoms with Gasteiger partial charge in [-0.15, -0.1) is 0 Å². The highest BCUT2D eigenvalue weighted by Crippen LogP contribution is 2.54. The van der Waals surface area contributed by atoms with Crippen LogP contribution in [-0.4, -0.2) is 41.2 Å². The van der Waals surface area contributed by atoms with Crippen molar-refractivity contribution in [2.75, 3.05) is 18.6 Å². The number of carboxylic acids is 1. The second kappa shape index (κ2) is 6.73. The molecule has 10 nitrogen and oxygen atoms in total. The summed E-state index contributed by atoms with van der Waals surface area (Å²) in [6, 6.07) is 7.88. The van der Waals surface area contributed by atoms with Crippen LogP contribution in [0.2, 0.25) is 0 Å². The summed E-state index contributed by atoms with van der Waals surface area (Å²) in [4.78, 5) is 52.7. The van der Waals surface area contributed by atoms with Crippen LogP contribution in [0.5, 0.6) is 5.75 Å². The Hall–Kier alpha value is -4.08. The average Bonchev–Trinajstić information content (AvgIpc) is 2.95. The molecule has 0 fully saturated rings. The summed E-state index contributed by atoms with van der Waals surface area (Å²) in [6.45, 7) is 1.00. The van der Waals surface area contributed by atoms with Gasteiger partial charge in [0.2, 0.25) is 11.8 Å².